The fraction of sp³-hybridized carbons (Fsp3) is 0.200. The number of nitrogens with one attached hydrogen (secondary N) is 1. The highest BCUT2D eigenvalue weighted by Gasteiger charge is 2.34. The molecule has 2 aromatic carbocycles. The van der Waals surface area contributed by atoms with Crippen molar-refractivity contribution >= 4 is 5.78 Å². The second-order valence-corrected chi connectivity index (χ2v) is 6.04. The molecule has 0 aliphatic heterocycles. The molecule has 0 radical (unpaired) electrons. The molecule has 0 aliphatic rings. The number of nitrogens with zero attached hydrogens (tertiary/aromatic N) is 1. The highest BCUT2D eigenvalue weighted by molar-refractivity contribution is 5.82. The van der Waals surface area contributed by atoms with Gasteiger partial charge in [0.25, 0.3) is 0 Å². The van der Waals surface area contributed by atoms with Crippen molar-refractivity contribution < 1.29 is 22.7 Å². The van der Waals surface area contributed by atoms with E-state index in [1.54, 1.807) is 12.4 Å². The molecule has 0 bridgehead atoms. The van der Waals surface area contributed by atoms with E-state index in [1.165, 1.54) is 19.1 Å². The van der Waals surface area contributed by atoms with E-state index in [4.69, 9.17) is 4.74 Å². The van der Waals surface area contributed by atoms with Crippen molar-refractivity contribution in [2.24, 2.45) is 0 Å². The summed E-state index contributed by atoms with van der Waals surface area (Å²) in [5, 5.41) is 0. The van der Waals surface area contributed by atoms with Crippen molar-refractivity contribution in [1.29, 1.82) is 0 Å². The van der Waals surface area contributed by atoms with Crippen molar-refractivity contribution in [3.63, 3.8) is 0 Å². The Balaban J connectivity index is 1.99. The van der Waals surface area contributed by atoms with Crippen LogP contribution in [0.15, 0.2) is 67.0 Å². The van der Waals surface area contributed by atoms with Gasteiger partial charge in [0.05, 0.1) is 11.5 Å². The van der Waals surface area contributed by atoms with Crippen LogP contribution >= 0.6 is 0 Å². The number of benzene rings is 2. The Morgan fingerprint density at radius 2 is 1.85 bits per heavy atom. The maximum absolute atomic E-state index is 13.0. The fourth-order valence-electron chi connectivity index (χ4n) is 2.86. The highest BCUT2D eigenvalue weighted by Crippen LogP contribution is 2.33. The van der Waals surface area contributed by atoms with Gasteiger partial charge in [-0.2, -0.15) is 13.2 Å². The van der Waals surface area contributed by atoms with Crippen molar-refractivity contribution in [2.75, 3.05) is 0 Å². The number of Topliss-reactive ketones (excluding diaryl/α,β-unsaturated/α-hetero) is 1. The van der Waals surface area contributed by atoms with Gasteiger partial charge in [0.15, 0.2) is 11.9 Å². The quantitative estimate of drug-likeness (QED) is 0.686. The largest absolute Gasteiger partial charge is 0.482 e. The van der Waals surface area contributed by atoms with Gasteiger partial charge in [-0.15, -0.1) is 0 Å². The zero-order valence-electron chi connectivity index (χ0n) is 14.4. The van der Waals surface area contributed by atoms with Crippen LogP contribution in [0, 0.1) is 0 Å². The third-order valence-electron chi connectivity index (χ3n) is 4.10. The van der Waals surface area contributed by atoms with Crippen molar-refractivity contribution in [3.8, 4) is 5.75 Å². The van der Waals surface area contributed by atoms with Gasteiger partial charge in [-0.1, -0.05) is 36.4 Å². The number of imidazole rings is 1. The molecule has 140 valence electrons. The van der Waals surface area contributed by atoms with Crippen LogP contribution < -0.4 is 4.74 Å². The van der Waals surface area contributed by atoms with Crippen molar-refractivity contribution in [1.82, 2.24) is 9.97 Å². The number of H-pyrrole nitrogens is 1. The van der Waals surface area contributed by atoms with Gasteiger partial charge in [-0.3, -0.25) is 4.79 Å². The first-order valence-electron chi connectivity index (χ1n) is 8.25. The number of hydrogen-bond donors (Lipinski definition) is 1. The Kier molecular flexibility index (Phi) is 5.30. The molecule has 0 saturated heterocycles. The van der Waals surface area contributed by atoms with Crippen molar-refractivity contribution in [2.45, 2.75) is 25.1 Å². The number of ether oxygens (including phenoxy) is 1. The summed E-state index contributed by atoms with van der Waals surface area (Å²) in [6, 6.07) is 13.6. The molecule has 2 unspecified atom stereocenters. The molecule has 0 aliphatic carbocycles. The molecule has 27 heavy (non-hydrogen) atoms. The predicted molar refractivity (Wildman–Crippen MR) is 93.4 cm³/mol. The Bertz CT molecular complexity index is 893. The van der Waals surface area contributed by atoms with Crippen LogP contribution in [0.4, 0.5) is 13.2 Å². The number of carbonyl (C=O) groups excluding carboxylic acids is 1. The summed E-state index contributed by atoms with van der Waals surface area (Å²) in [6.07, 6.45) is -2.37. The molecule has 3 aromatic rings. The summed E-state index contributed by atoms with van der Waals surface area (Å²) >= 11 is 0. The molecule has 1 aromatic heterocycles. The molecule has 4 nitrogen and oxygen atoms in total. The first-order valence-corrected chi connectivity index (χ1v) is 8.25. The molecule has 0 amide bonds. The summed E-state index contributed by atoms with van der Waals surface area (Å²) in [4.78, 5) is 19.5. The topological polar surface area (TPSA) is 55.0 Å². The molecule has 7 heteroatoms. The average Bonchev–Trinajstić information content (AvgIpc) is 3.16. The zero-order chi connectivity index (χ0) is 19.4. The zero-order valence-corrected chi connectivity index (χ0v) is 14.4. The Labute approximate surface area is 154 Å². The van der Waals surface area contributed by atoms with E-state index in [1.807, 2.05) is 30.3 Å². The second-order valence-electron chi connectivity index (χ2n) is 6.04. The Morgan fingerprint density at radius 1 is 1.11 bits per heavy atom. The lowest BCUT2D eigenvalue weighted by Crippen LogP contribution is -2.33. The van der Waals surface area contributed by atoms with Gasteiger partial charge < -0.3 is 9.72 Å². The van der Waals surface area contributed by atoms with Gasteiger partial charge in [-0.05, 0) is 30.7 Å². The first kappa shape index (κ1) is 18.7. The second kappa shape index (κ2) is 7.65. The van der Waals surface area contributed by atoms with Crippen LogP contribution in [-0.2, 0) is 11.0 Å². The number of carbonyl (C=O) groups is 1. The maximum atomic E-state index is 13.0. The minimum absolute atomic E-state index is 0.0301. The van der Waals surface area contributed by atoms with Gasteiger partial charge in [0.2, 0.25) is 0 Å². The number of rotatable bonds is 6. The first-order chi connectivity index (χ1) is 12.9. The smallest absolute Gasteiger partial charge is 0.416 e. The van der Waals surface area contributed by atoms with E-state index >= 15 is 0 Å². The molecular formula is C20H17F3N2O2. The van der Waals surface area contributed by atoms with Crippen LogP contribution in [-0.4, -0.2) is 21.9 Å². The van der Waals surface area contributed by atoms with Gasteiger partial charge in [0, 0.05) is 12.4 Å². The van der Waals surface area contributed by atoms with E-state index < -0.39 is 23.8 Å². The van der Waals surface area contributed by atoms with Crippen LogP contribution in [0.25, 0.3) is 0 Å². The van der Waals surface area contributed by atoms with Crippen LogP contribution in [0.5, 0.6) is 5.75 Å². The summed E-state index contributed by atoms with van der Waals surface area (Å²) in [5.41, 5.74) is -0.0730. The third-order valence-corrected chi connectivity index (χ3v) is 4.10. The predicted octanol–water partition coefficient (Wildman–Crippen LogP) is 4.60. The van der Waals surface area contributed by atoms with E-state index in [0.29, 0.717) is 5.82 Å². The van der Waals surface area contributed by atoms with Crippen LogP contribution in [0.2, 0.25) is 0 Å². The number of alkyl halides is 3. The average molecular weight is 374 g/mol. The van der Waals surface area contributed by atoms with E-state index in [9.17, 15) is 18.0 Å². The summed E-state index contributed by atoms with van der Waals surface area (Å²) in [7, 11) is 0. The van der Waals surface area contributed by atoms with E-state index in [0.717, 1.165) is 17.7 Å². The highest BCUT2D eigenvalue weighted by atomic mass is 19.4. The number of ketones is 1. The van der Waals surface area contributed by atoms with Gasteiger partial charge in [-0.25, -0.2) is 4.98 Å². The molecular weight excluding hydrogens is 357 g/mol. The van der Waals surface area contributed by atoms with E-state index in [2.05, 4.69) is 9.97 Å². The fourth-order valence-corrected chi connectivity index (χ4v) is 2.86. The minimum atomic E-state index is -4.50. The number of halogens is 3. The molecule has 2 atom stereocenters. The van der Waals surface area contributed by atoms with Crippen molar-refractivity contribution in [3.05, 3.63) is 83.9 Å². The lowest BCUT2D eigenvalue weighted by atomic mass is 9.90. The number of aromatic amines is 1. The summed E-state index contributed by atoms with van der Waals surface area (Å²) in [6.45, 7) is 1.34. The Hall–Kier alpha value is -3.09. The lowest BCUT2D eigenvalue weighted by Gasteiger charge is -2.25. The SMILES string of the molecule is CC(=O)C(Oc1cccc(C(F)(F)F)c1)C(c1ccccc1)c1ncc[nH]1. The van der Waals surface area contributed by atoms with Gasteiger partial charge in [0.1, 0.15) is 11.6 Å². The third kappa shape index (κ3) is 4.36. The van der Waals surface area contributed by atoms with Gasteiger partial charge >= 0.3 is 6.18 Å². The normalized spacial score (nSPS) is 13.8. The molecule has 0 saturated carbocycles. The standard InChI is InChI=1S/C20H17F3N2O2/c1-13(26)18(27-16-9-5-8-15(12-16)20(21,22)23)17(19-24-10-11-25-19)14-6-3-2-4-7-14/h2-12,17-18H,1H3,(H,24,25). The van der Waals surface area contributed by atoms with Crippen LogP contribution in [0.1, 0.15) is 29.8 Å². The maximum Gasteiger partial charge on any atom is 0.416 e. The monoisotopic (exact) mass is 374 g/mol. The summed E-state index contributed by atoms with van der Waals surface area (Å²) in [5.74, 6) is -0.447. The number of hydrogen-bond acceptors (Lipinski definition) is 3. The Morgan fingerprint density at radius 3 is 2.44 bits per heavy atom. The van der Waals surface area contributed by atoms with E-state index in [-0.39, 0.29) is 11.5 Å². The minimum Gasteiger partial charge on any atom is -0.482 e. The van der Waals surface area contributed by atoms with Crippen LogP contribution in [0.3, 0.4) is 0 Å². The molecule has 1 N–H and O–H groups in total. The summed E-state index contributed by atoms with van der Waals surface area (Å²) < 4.78 is 44.7. The lowest BCUT2D eigenvalue weighted by molar-refractivity contribution is -0.137. The number of aromatic nitrogens is 2. The molecule has 3 rings (SSSR count). The molecule has 1 heterocycles. The molecule has 0 spiro atoms. The molecule has 0 fully saturated rings.